The Bertz CT molecular complexity index is 948. The number of carboxylic acid groups (broad SMARTS) is 1. The lowest BCUT2D eigenvalue weighted by atomic mass is 10.1. The van der Waals surface area contributed by atoms with Crippen LogP contribution in [0.3, 0.4) is 0 Å². The predicted molar refractivity (Wildman–Crippen MR) is 103 cm³/mol. The second-order valence-corrected chi connectivity index (χ2v) is 7.52. The number of hydrogen-bond acceptors (Lipinski definition) is 6. The van der Waals surface area contributed by atoms with E-state index in [-0.39, 0.29) is 17.2 Å². The Labute approximate surface area is 184 Å². The average Bonchev–Trinajstić information content (AvgIpc) is 3.13. The molecule has 3 heterocycles. The molecule has 32 heavy (non-hydrogen) atoms. The van der Waals surface area contributed by atoms with Crippen LogP contribution < -0.4 is 4.90 Å². The maximum atomic E-state index is 13.6. The molecule has 0 bridgehead atoms. The number of halogens is 6. The summed E-state index contributed by atoms with van der Waals surface area (Å²) in [6.45, 7) is 3.34. The van der Waals surface area contributed by atoms with Crippen molar-refractivity contribution in [3.63, 3.8) is 0 Å². The molecule has 2 aliphatic rings. The van der Waals surface area contributed by atoms with Gasteiger partial charge >= 0.3 is 12.1 Å². The molecule has 0 aliphatic carbocycles. The highest BCUT2D eigenvalue weighted by Gasteiger charge is 2.41. The SMILES string of the molecule is Fc1cnc(N2CCO[C@H]3CN(Cc4ccc(Cl)c(F)c4)C[C@H]32)nc1.O=C(O)C(F)(F)F. The summed E-state index contributed by atoms with van der Waals surface area (Å²) in [5.74, 6) is -3.11. The maximum absolute atomic E-state index is 13.6. The number of aliphatic carboxylic acids is 1. The van der Waals surface area contributed by atoms with E-state index < -0.39 is 23.8 Å². The molecule has 0 amide bonds. The number of carbonyl (C=O) groups is 1. The number of nitrogens with zero attached hydrogens (tertiary/aromatic N) is 4. The molecule has 1 N–H and O–H groups in total. The zero-order chi connectivity index (χ0) is 23.5. The number of carboxylic acids is 1. The fraction of sp³-hybridized carbons (Fsp3) is 0.421. The van der Waals surface area contributed by atoms with E-state index in [1.807, 2.05) is 6.07 Å². The fourth-order valence-electron chi connectivity index (χ4n) is 3.49. The number of aromatic nitrogens is 2. The van der Waals surface area contributed by atoms with E-state index in [9.17, 15) is 22.0 Å². The molecule has 2 atom stereocenters. The zero-order valence-corrected chi connectivity index (χ0v) is 17.2. The van der Waals surface area contributed by atoms with Gasteiger partial charge in [-0.05, 0) is 17.7 Å². The van der Waals surface area contributed by atoms with Crippen LogP contribution in [0.15, 0.2) is 30.6 Å². The molecule has 1 aromatic carbocycles. The quantitative estimate of drug-likeness (QED) is 0.676. The molecule has 0 spiro atoms. The largest absolute Gasteiger partial charge is 0.490 e. The van der Waals surface area contributed by atoms with Gasteiger partial charge in [-0.3, -0.25) is 4.90 Å². The lowest BCUT2D eigenvalue weighted by Gasteiger charge is -2.36. The van der Waals surface area contributed by atoms with E-state index in [0.29, 0.717) is 25.6 Å². The first-order valence-corrected chi connectivity index (χ1v) is 9.74. The maximum Gasteiger partial charge on any atom is 0.490 e. The smallest absolute Gasteiger partial charge is 0.475 e. The minimum absolute atomic E-state index is 0.0274. The Morgan fingerprint density at radius 2 is 1.88 bits per heavy atom. The van der Waals surface area contributed by atoms with Crippen molar-refractivity contribution in [3.05, 3.63) is 52.8 Å². The topological polar surface area (TPSA) is 78.8 Å². The third kappa shape index (κ3) is 6.02. The Balaban J connectivity index is 0.000000360. The number of fused-ring (bicyclic) bond motifs is 1. The van der Waals surface area contributed by atoms with Gasteiger partial charge in [0.2, 0.25) is 5.95 Å². The highest BCUT2D eigenvalue weighted by Crippen LogP contribution is 2.27. The Kier molecular flexibility index (Phi) is 7.47. The van der Waals surface area contributed by atoms with Gasteiger partial charge in [0.05, 0.1) is 36.2 Å². The molecule has 2 fully saturated rings. The summed E-state index contributed by atoms with van der Waals surface area (Å²) < 4.78 is 64.3. The van der Waals surface area contributed by atoms with Gasteiger partial charge in [-0.1, -0.05) is 17.7 Å². The van der Waals surface area contributed by atoms with Gasteiger partial charge in [-0.15, -0.1) is 0 Å². The molecule has 13 heteroatoms. The summed E-state index contributed by atoms with van der Waals surface area (Å²) in [6, 6.07) is 4.96. The second-order valence-electron chi connectivity index (χ2n) is 7.12. The van der Waals surface area contributed by atoms with E-state index in [4.69, 9.17) is 26.2 Å². The number of anilines is 1. The van der Waals surface area contributed by atoms with Crippen molar-refractivity contribution in [3.8, 4) is 0 Å². The summed E-state index contributed by atoms with van der Waals surface area (Å²) in [6.07, 6.45) is -2.70. The Hall–Kier alpha value is -2.57. The highest BCUT2D eigenvalue weighted by atomic mass is 35.5. The van der Waals surface area contributed by atoms with Gasteiger partial charge in [0.1, 0.15) is 5.82 Å². The molecule has 4 rings (SSSR count). The number of alkyl halides is 3. The molecule has 7 nitrogen and oxygen atoms in total. The summed E-state index contributed by atoms with van der Waals surface area (Å²) in [5.41, 5.74) is 0.866. The number of morpholine rings is 1. The van der Waals surface area contributed by atoms with Crippen LogP contribution in [0, 0.1) is 11.6 Å². The van der Waals surface area contributed by atoms with Gasteiger partial charge < -0.3 is 14.7 Å². The van der Waals surface area contributed by atoms with Crippen LogP contribution in [0.2, 0.25) is 5.02 Å². The summed E-state index contributed by atoms with van der Waals surface area (Å²) in [4.78, 5) is 21.4. The lowest BCUT2D eigenvalue weighted by Crippen LogP contribution is -2.51. The average molecular weight is 481 g/mol. The van der Waals surface area contributed by atoms with E-state index in [1.165, 1.54) is 18.5 Å². The minimum atomic E-state index is -5.08. The van der Waals surface area contributed by atoms with Crippen molar-refractivity contribution >= 4 is 23.5 Å². The van der Waals surface area contributed by atoms with Crippen LogP contribution in [-0.2, 0) is 16.1 Å². The summed E-state index contributed by atoms with van der Waals surface area (Å²) in [7, 11) is 0. The first-order valence-electron chi connectivity index (χ1n) is 9.37. The minimum Gasteiger partial charge on any atom is -0.475 e. The van der Waals surface area contributed by atoms with Crippen LogP contribution in [0.4, 0.5) is 27.9 Å². The molecule has 0 unspecified atom stereocenters. The van der Waals surface area contributed by atoms with Crippen molar-refractivity contribution in [2.45, 2.75) is 24.9 Å². The molecule has 0 radical (unpaired) electrons. The fourth-order valence-corrected chi connectivity index (χ4v) is 3.61. The van der Waals surface area contributed by atoms with Crippen LogP contribution in [0.25, 0.3) is 0 Å². The molecule has 1 aromatic heterocycles. The first kappa shape index (κ1) is 24.1. The standard InChI is InChI=1S/C17H17ClF2N4O.C2HF3O2/c18-13-2-1-11(5-14(13)20)8-23-9-15-16(10-23)25-4-3-24(15)17-21-6-12(19)7-22-17;3-2(4,5)1(6)7/h1-2,5-7,15-16H,3-4,8-10H2;(H,6,7)/t15-,16+;/m1./s1. The number of ether oxygens (including phenoxy) is 1. The predicted octanol–water partition coefficient (Wildman–Crippen LogP) is 3.13. The van der Waals surface area contributed by atoms with Gasteiger partial charge in [0.25, 0.3) is 0 Å². The molecule has 0 saturated carbocycles. The van der Waals surface area contributed by atoms with Crippen LogP contribution in [-0.4, -0.2) is 70.5 Å². The molecule has 174 valence electrons. The zero-order valence-electron chi connectivity index (χ0n) is 16.4. The molecule has 2 aliphatic heterocycles. The van der Waals surface area contributed by atoms with Gasteiger partial charge in [-0.25, -0.2) is 23.5 Å². The summed E-state index contributed by atoms with van der Waals surface area (Å²) in [5, 5.41) is 7.25. The van der Waals surface area contributed by atoms with Gasteiger partial charge in [0.15, 0.2) is 5.82 Å². The van der Waals surface area contributed by atoms with Crippen molar-refractivity contribution in [2.75, 3.05) is 31.1 Å². The third-order valence-corrected chi connectivity index (χ3v) is 5.18. The van der Waals surface area contributed by atoms with Crippen molar-refractivity contribution in [1.82, 2.24) is 14.9 Å². The van der Waals surface area contributed by atoms with E-state index in [1.54, 1.807) is 6.07 Å². The first-order chi connectivity index (χ1) is 15.0. The van der Waals surface area contributed by atoms with E-state index >= 15 is 0 Å². The lowest BCUT2D eigenvalue weighted by molar-refractivity contribution is -0.192. The van der Waals surface area contributed by atoms with Crippen molar-refractivity contribution in [2.24, 2.45) is 0 Å². The second kappa shape index (κ2) is 9.92. The van der Waals surface area contributed by atoms with E-state index in [2.05, 4.69) is 19.8 Å². The number of hydrogen-bond donors (Lipinski definition) is 1. The Morgan fingerprint density at radius 3 is 2.47 bits per heavy atom. The number of benzene rings is 1. The molecular weight excluding hydrogens is 463 g/mol. The molecule has 2 saturated heterocycles. The third-order valence-electron chi connectivity index (χ3n) is 4.87. The Morgan fingerprint density at radius 1 is 1.22 bits per heavy atom. The van der Waals surface area contributed by atoms with Crippen LogP contribution >= 0.6 is 11.6 Å². The van der Waals surface area contributed by atoms with Crippen LogP contribution in [0.5, 0.6) is 0 Å². The van der Waals surface area contributed by atoms with E-state index in [0.717, 1.165) is 18.7 Å². The number of rotatable bonds is 3. The monoisotopic (exact) mass is 480 g/mol. The highest BCUT2D eigenvalue weighted by molar-refractivity contribution is 6.30. The van der Waals surface area contributed by atoms with Crippen LogP contribution in [0.1, 0.15) is 5.56 Å². The normalized spacial score (nSPS) is 21.0. The van der Waals surface area contributed by atoms with Gasteiger partial charge in [-0.2, -0.15) is 13.2 Å². The van der Waals surface area contributed by atoms with Crippen molar-refractivity contribution in [1.29, 1.82) is 0 Å². The number of likely N-dealkylation sites (tertiary alicyclic amines) is 1. The van der Waals surface area contributed by atoms with Gasteiger partial charge in [0, 0.05) is 26.2 Å². The molecule has 2 aromatic rings. The molecular formula is C19H18ClF5N4O3. The summed E-state index contributed by atoms with van der Waals surface area (Å²) >= 11 is 5.74. The van der Waals surface area contributed by atoms with Crippen molar-refractivity contribution < 1.29 is 36.6 Å².